The van der Waals surface area contributed by atoms with Gasteiger partial charge in [-0.2, -0.15) is 0 Å². The number of hydrogen-bond acceptors (Lipinski definition) is 5. The Balaban J connectivity index is 1.72. The van der Waals surface area contributed by atoms with Gasteiger partial charge in [0.05, 0.1) is 24.8 Å². The summed E-state index contributed by atoms with van der Waals surface area (Å²) in [5.74, 6) is -2.10. The van der Waals surface area contributed by atoms with Crippen molar-refractivity contribution in [3.63, 3.8) is 0 Å². The van der Waals surface area contributed by atoms with Gasteiger partial charge in [0.1, 0.15) is 11.6 Å². The molecule has 2 saturated heterocycles. The Morgan fingerprint density at radius 2 is 1.68 bits per heavy atom. The molecule has 0 aromatic heterocycles. The van der Waals surface area contributed by atoms with Crippen LogP contribution in [0.2, 0.25) is 0 Å². The van der Waals surface area contributed by atoms with Crippen LogP contribution in [0.1, 0.15) is 22.7 Å². The summed E-state index contributed by atoms with van der Waals surface area (Å²) in [6.45, 7) is 5.75. The summed E-state index contributed by atoms with van der Waals surface area (Å²) in [5, 5.41) is 11.0. The van der Waals surface area contributed by atoms with Crippen LogP contribution in [0.25, 0.3) is 5.76 Å². The number of rotatable bonds is 5. The number of aliphatic hydroxyl groups excluding tert-OH is 1. The molecule has 2 fully saturated rings. The second-order valence-electron chi connectivity index (χ2n) is 7.86. The number of likely N-dealkylation sites (tertiary alicyclic amines) is 1. The molecule has 1 amide bonds. The third-order valence-corrected chi connectivity index (χ3v) is 5.81. The largest absolute Gasteiger partial charge is 0.507 e. The zero-order valence-electron chi connectivity index (χ0n) is 17.4. The summed E-state index contributed by atoms with van der Waals surface area (Å²) in [5.41, 5.74) is 2.12. The number of aliphatic hydroxyl groups is 1. The van der Waals surface area contributed by atoms with Crippen LogP contribution in [-0.4, -0.2) is 66.0 Å². The van der Waals surface area contributed by atoms with Gasteiger partial charge in [0.25, 0.3) is 11.7 Å². The van der Waals surface area contributed by atoms with Crippen molar-refractivity contribution in [2.45, 2.75) is 13.0 Å². The molecule has 0 unspecified atom stereocenters. The molecular formula is C24H25FN2O4. The number of nitrogens with zero attached hydrogens (tertiary/aromatic N) is 2. The lowest BCUT2D eigenvalue weighted by Crippen LogP contribution is -2.42. The first-order valence-electron chi connectivity index (χ1n) is 10.4. The smallest absolute Gasteiger partial charge is 0.295 e. The highest BCUT2D eigenvalue weighted by atomic mass is 19.1. The number of Topliss-reactive ketones (excluding diaryl/α,β-unsaturated/α-hetero) is 1. The van der Waals surface area contributed by atoms with Crippen LogP contribution in [0.5, 0.6) is 0 Å². The summed E-state index contributed by atoms with van der Waals surface area (Å²) in [7, 11) is 0. The molecule has 0 saturated carbocycles. The molecule has 2 aliphatic heterocycles. The number of benzene rings is 2. The van der Waals surface area contributed by atoms with E-state index in [0.29, 0.717) is 31.9 Å². The lowest BCUT2D eigenvalue weighted by molar-refractivity contribution is -0.140. The molecular weight excluding hydrogens is 399 g/mol. The highest BCUT2D eigenvalue weighted by molar-refractivity contribution is 6.46. The monoisotopic (exact) mass is 424 g/mol. The Kier molecular flexibility index (Phi) is 6.15. The minimum Gasteiger partial charge on any atom is -0.507 e. The maximum atomic E-state index is 13.3. The quantitative estimate of drug-likeness (QED) is 0.454. The van der Waals surface area contributed by atoms with Crippen molar-refractivity contribution in [3.05, 3.63) is 76.6 Å². The van der Waals surface area contributed by atoms with E-state index >= 15 is 0 Å². The SMILES string of the molecule is Cc1ccc([C@H]2/C(=C(\O)c3ccc(F)cc3)C(=O)C(=O)N2CCN2CCOCC2)cc1. The van der Waals surface area contributed by atoms with E-state index in [1.807, 2.05) is 31.2 Å². The molecule has 0 radical (unpaired) electrons. The van der Waals surface area contributed by atoms with Gasteiger partial charge >= 0.3 is 0 Å². The minimum absolute atomic E-state index is 0.0300. The summed E-state index contributed by atoms with van der Waals surface area (Å²) in [6.07, 6.45) is 0. The summed E-state index contributed by atoms with van der Waals surface area (Å²) in [6, 6.07) is 12.1. The van der Waals surface area contributed by atoms with E-state index in [-0.39, 0.29) is 11.3 Å². The molecule has 6 nitrogen and oxygen atoms in total. The van der Waals surface area contributed by atoms with E-state index in [9.17, 15) is 19.1 Å². The summed E-state index contributed by atoms with van der Waals surface area (Å²) < 4.78 is 18.7. The van der Waals surface area contributed by atoms with Crippen LogP contribution in [0.15, 0.2) is 54.1 Å². The predicted octanol–water partition coefficient (Wildman–Crippen LogP) is 2.89. The molecule has 2 heterocycles. The van der Waals surface area contributed by atoms with Gasteiger partial charge < -0.3 is 14.7 Å². The van der Waals surface area contributed by atoms with Crippen molar-refractivity contribution in [1.29, 1.82) is 0 Å². The van der Waals surface area contributed by atoms with Crippen molar-refractivity contribution < 1.29 is 23.8 Å². The number of carbonyl (C=O) groups excluding carboxylic acids is 2. The zero-order valence-corrected chi connectivity index (χ0v) is 17.4. The fourth-order valence-electron chi connectivity index (χ4n) is 4.04. The Hall–Kier alpha value is -3.03. The molecule has 1 N–H and O–H groups in total. The first-order chi connectivity index (χ1) is 15.0. The summed E-state index contributed by atoms with van der Waals surface area (Å²) in [4.78, 5) is 29.7. The number of morpholine rings is 1. The van der Waals surface area contributed by atoms with E-state index in [1.165, 1.54) is 29.2 Å². The van der Waals surface area contributed by atoms with Crippen LogP contribution in [-0.2, 0) is 14.3 Å². The number of carbonyl (C=O) groups is 2. The standard InChI is InChI=1S/C24H25FN2O4/c1-16-2-4-17(5-3-16)21-20(22(28)18-6-8-19(25)9-7-18)23(29)24(30)27(21)11-10-26-12-14-31-15-13-26/h2-9,21,28H,10-15H2,1H3/b22-20+/t21-/m0/s1. The molecule has 0 bridgehead atoms. The second kappa shape index (κ2) is 8.99. The third-order valence-electron chi connectivity index (χ3n) is 5.81. The van der Waals surface area contributed by atoms with Gasteiger partial charge in [0.15, 0.2) is 0 Å². The van der Waals surface area contributed by atoms with Crippen molar-refractivity contribution in [1.82, 2.24) is 9.80 Å². The second-order valence-corrected chi connectivity index (χ2v) is 7.86. The first kappa shape index (κ1) is 21.2. The van der Waals surface area contributed by atoms with Gasteiger partial charge in [0.2, 0.25) is 0 Å². The molecule has 2 aromatic carbocycles. The molecule has 1 atom stereocenters. The number of amides is 1. The average Bonchev–Trinajstić information content (AvgIpc) is 3.04. The molecule has 7 heteroatoms. The average molecular weight is 424 g/mol. The molecule has 2 aromatic rings. The normalized spacial score (nSPS) is 21.6. The maximum absolute atomic E-state index is 13.3. The number of ketones is 1. The van der Waals surface area contributed by atoms with Crippen LogP contribution in [0, 0.1) is 12.7 Å². The van der Waals surface area contributed by atoms with E-state index < -0.39 is 23.5 Å². The van der Waals surface area contributed by atoms with E-state index in [1.54, 1.807) is 0 Å². The van der Waals surface area contributed by atoms with E-state index in [0.717, 1.165) is 24.2 Å². The summed E-state index contributed by atoms with van der Waals surface area (Å²) >= 11 is 0. The lowest BCUT2D eigenvalue weighted by atomic mass is 9.94. The van der Waals surface area contributed by atoms with Gasteiger partial charge in [-0.25, -0.2) is 4.39 Å². The molecule has 31 heavy (non-hydrogen) atoms. The van der Waals surface area contributed by atoms with Crippen LogP contribution in [0.3, 0.4) is 0 Å². The molecule has 162 valence electrons. The molecule has 2 aliphatic rings. The zero-order chi connectivity index (χ0) is 22.0. The highest BCUT2D eigenvalue weighted by Gasteiger charge is 2.46. The van der Waals surface area contributed by atoms with Crippen molar-refractivity contribution in [2.75, 3.05) is 39.4 Å². The van der Waals surface area contributed by atoms with Crippen molar-refractivity contribution in [3.8, 4) is 0 Å². The molecule has 0 aliphatic carbocycles. The Labute approximate surface area is 180 Å². The lowest BCUT2D eigenvalue weighted by Gasteiger charge is -2.31. The Morgan fingerprint density at radius 1 is 1.03 bits per heavy atom. The van der Waals surface area contributed by atoms with Crippen LogP contribution >= 0.6 is 0 Å². The van der Waals surface area contributed by atoms with E-state index in [4.69, 9.17) is 4.74 Å². The number of hydrogen-bond donors (Lipinski definition) is 1. The fraction of sp³-hybridized carbons (Fsp3) is 0.333. The molecule has 4 rings (SSSR count). The van der Waals surface area contributed by atoms with Gasteiger partial charge in [-0.15, -0.1) is 0 Å². The highest BCUT2D eigenvalue weighted by Crippen LogP contribution is 2.39. The van der Waals surface area contributed by atoms with Crippen LogP contribution in [0.4, 0.5) is 4.39 Å². The van der Waals surface area contributed by atoms with E-state index in [2.05, 4.69) is 4.90 Å². The number of aryl methyl sites for hydroxylation is 1. The fourth-order valence-corrected chi connectivity index (χ4v) is 4.04. The number of ether oxygens (including phenoxy) is 1. The predicted molar refractivity (Wildman–Crippen MR) is 114 cm³/mol. The van der Waals surface area contributed by atoms with Crippen molar-refractivity contribution in [2.24, 2.45) is 0 Å². The van der Waals surface area contributed by atoms with Gasteiger partial charge in [-0.1, -0.05) is 29.8 Å². The Morgan fingerprint density at radius 3 is 2.32 bits per heavy atom. The third kappa shape index (κ3) is 4.38. The van der Waals surface area contributed by atoms with Crippen LogP contribution < -0.4 is 0 Å². The minimum atomic E-state index is -0.727. The van der Waals surface area contributed by atoms with Crippen molar-refractivity contribution >= 4 is 17.4 Å². The number of halogens is 1. The van der Waals surface area contributed by atoms with Gasteiger partial charge in [-0.05, 0) is 36.8 Å². The Bertz CT molecular complexity index is 995. The topological polar surface area (TPSA) is 70.1 Å². The maximum Gasteiger partial charge on any atom is 0.295 e. The van der Waals surface area contributed by atoms with Gasteiger partial charge in [0, 0.05) is 31.7 Å². The van der Waals surface area contributed by atoms with Gasteiger partial charge in [-0.3, -0.25) is 14.5 Å². The first-order valence-corrected chi connectivity index (χ1v) is 10.4. The molecule has 0 spiro atoms.